The number of hydrogen-bond acceptors (Lipinski definition) is 8. The van der Waals surface area contributed by atoms with E-state index in [4.69, 9.17) is 32.7 Å². The Balaban J connectivity index is 1.40. The Morgan fingerprint density at radius 2 is 1.78 bits per heavy atom. The fourth-order valence-corrected chi connectivity index (χ4v) is 7.91. The predicted octanol–water partition coefficient (Wildman–Crippen LogP) is 5.79. The van der Waals surface area contributed by atoms with Crippen molar-refractivity contribution in [2.45, 2.75) is 62.2 Å². The van der Waals surface area contributed by atoms with Crippen LogP contribution in [0.4, 0.5) is 8.78 Å². The summed E-state index contributed by atoms with van der Waals surface area (Å²) in [4.78, 5) is 27.3. The highest BCUT2D eigenvalue weighted by molar-refractivity contribution is 7.89. The van der Waals surface area contributed by atoms with Crippen molar-refractivity contribution in [3.8, 4) is 11.5 Å². The van der Waals surface area contributed by atoms with Crippen molar-refractivity contribution >= 4 is 45.1 Å². The minimum Gasteiger partial charge on any atom is -0.619 e. The first-order chi connectivity index (χ1) is 23.2. The predicted molar refractivity (Wildman–Crippen MR) is 175 cm³/mol. The summed E-state index contributed by atoms with van der Waals surface area (Å²) in [5, 5.41) is 11.9. The van der Waals surface area contributed by atoms with E-state index in [0.717, 1.165) is 25.2 Å². The average Bonchev–Trinajstić information content (AvgIpc) is 3.76. The first-order valence-electron chi connectivity index (χ1n) is 15.5. The average molecular weight is 743 g/mol. The Morgan fingerprint density at radius 3 is 2.43 bits per heavy atom. The summed E-state index contributed by atoms with van der Waals surface area (Å²) >= 11 is 12.7. The van der Waals surface area contributed by atoms with Crippen LogP contribution < -0.4 is 14.2 Å². The molecule has 0 radical (unpaired) electrons. The van der Waals surface area contributed by atoms with Gasteiger partial charge in [0.2, 0.25) is 10.0 Å². The lowest BCUT2D eigenvalue weighted by atomic mass is 10.0. The van der Waals surface area contributed by atoms with Crippen LogP contribution in [0.5, 0.6) is 11.5 Å². The van der Waals surface area contributed by atoms with Crippen LogP contribution in [-0.4, -0.2) is 69.4 Å². The van der Waals surface area contributed by atoms with Crippen LogP contribution in [-0.2, 0) is 26.0 Å². The molecule has 2 aromatic carbocycles. The molecule has 1 aliphatic heterocycles. The third-order valence-electron chi connectivity index (χ3n) is 8.27. The molecule has 2 fully saturated rings. The van der Waals surface area contributed by atoms with Gasteiger partial charge in [-0.15, -0.1) is 0 Å². The molecule has 0 spiro atoms. The summed E-state index contributed by atoms with van der Waals surface area (Å²) in [5.41, 5.74) is 0.832. The van der Waals surface area contributed by atoms with Crippen molar-refractivity contribution in [1.29, 1.82) is 0 Å². The standard InChI is InChI=1S/C33H35Cl2F2N3O8S/c1-38(2)32(42)22-5-3-7-24(13-22)49(44,45)40-12-4-6-23(40)15-31(41)47-29(16-25-26(34)17-39(43)18-27(25)35)21-10-11-28(48-33(36)37)30(14-21)46-19-20-8-9-20/h3,5,7,10-11,13-14,17-18,20,23,29,33H,4,6,8-9,12,15-16,19H2,1-2H3/t23-,29-/m0/s1. The topological polar surface area (TPSA) is 129 Å². The van der Waals surface area contributed by atoms with Crippen molar-refractivity contribution < 1.29 is 45.7 Å². The Kier molecular flexibility index (Phi) is 11.5. The second-order valence-electron chi connectivity index (χ2n) is 12.2. The number of aromatic nitrogens is 1. The van der Waals surface area contributed by atoms with Gasteiger partial charge in [0.1, 0.15) is 16.1 Å². The lowest BCUT2D eigenvalue weighted by Crippen LogP contribution is -2.37. The van der Waals surface area contributed by atoms with Crippen LogP contribution in [0.1, 0.15) is 59.7 Å². The SMILES string of the molecule is CN(C)C(=O)c1cccc(S(=O)(=O)N2CCC[C@H]2CC(=O)O[C@@H](Cc2c(Cl)c[n+]([O-])cc2Cl)c2ccc(OC(F)F)c(OCC3CC3)c2)c1. The normalized spacial score (nSPS) is 17.2. The van der Waals surface area contributed by atoms with Crippen molar-refractivity contribution in [3.63, 3.8) is 0 Å². The molecule has 0 unspecified atom stereocenters. The molecule has 2 heterocycles. The van der Waals surface area contributed by atoms with E-state index in [2.05, 4.69) is 4.74 Å². The zero-order chi connectivity index (χ0) is 35.5. The van der Waals surface area contributed by atoms with Gasteiger partial charge in [-0.25, -0.2) is 8.42 Å². The van der Waals surface area contributed by atoms with Gasteiger partial charge in [0, 0.05) is 44.2 Å². The zero-order valence-corrected chi connectivity index (χ0v) is 29.0. The molecule has 2 atom stereocenters. The summed E-state index contributed by atoms with van der Waals surface area (Å²) in [6.07, 6.45) is 3.44. The van der Waals surface area contributed by atoms with Crippen molar-refractivity contribution in [3.05, 3.63) is 86.8 Å². The van der Waals surface area contributed by atoms with Crippen LogP contribution in [0.15, 0.2) is 59.8 Å². The number of benzene rings is 2. The summed E-state index contributed by atoms with van der Waals surface area (Å²) in [6.45, 7) is -2.66. The van der Waals surface area contributed by atoms with Gasteiger partial charge in [0.25, 0.3) is 5.91 Å². The Labute approximate surface area is 292 Å². The fourth-order valence-electron chi connectivity index (χ4n) is 5.57. The molecule has 1 amide bonds. The number of amides is 1. The number of nitrogens with zero attached hydrogens (tertiary/aromatic N) is 3. The number of carbonyl (C=O) groups excluding carboxylic acids is 2. The first-order valence-corrected chi connectivity index (χ1v) is 17.7. The highest BCUT2D eigenvalue weighted by Gasteiger charge is 2.38. The van der Waals surface area contributed by atoms with Gasteiger partial charge in [-0.1, -0.05) is 35.3 Å². The van der Waals surface area contributed by atoms with Gasteiger partial charge in [-0.05, 0) is 67.5 Å². The van der Waals surface area contributed by atoms with E-state index in [1.807, 2.05) is 0 Å². The van der Waals surface area contributed by atoms with E-state index in [9.17, 15) is 32.0 Å². The lowest BCUT2D eigenvalue weighted by Gasteiger charge is -2.25. The molecular formula is C33H35Cl2F2N3O8S. The molecular weight excluding hydrogens is 707 g/mol. The van der Waals surface area contributed by atoms with Crippen LogP contribution in [0.3, 0.4) is 0 Å². The Bertz CT molecular complexity index is 1790. The van der Waals surface area contributed by atoms with E-state index < -0.39 is 34.7 Å². The third kappa shape index (κ3) is 9.10. The minimum atomic E-state index is -4.09. The number of rotatable bonds is 14. The van der Waals surface area contributed by atoms with Gasteiger partial charge in [0.15, 0.2) is 23.9 Å². The highest BCUT2D eigenvalue weighted by Crippen LogP contribution is 2.38. The molecule has 11 nitrogen and oxygen atoms in total. The van der Waals surface area contributed by atoms with Crippen molar-refractivity contribution in [2.75, 3.05) is 27.2 Å². The maximum Gasteiger partial charge on any atom is 0.387 e. The van der Waals surface area contributed by atoms with Gasteiger partial charge >= 0.3 is 12.6 Å². The summed E-state index contributed by atoms with van der Waals surface area (Å²) < 4.78 is 71.9. The van der Waals surface area contributed by atoms with Crippen LogP contribution in [0.25, 0.3) is 0 Å². The van der Waals surface area contributed by atoms with Crippen LogP contribution >= 0.6 is 23.2 Å². The summed E-state index contributed by atoms with van der Waals surface area (Å²) in [6, 6.07) is 9.13. The van der Waals surface area contributed by atoms with E-state index >= 15 is 0 Å². The molecule has 1 aliphatic carbocycles. The number of sulfonamides is 1. The number of hydrogen-bond donors (Lipinski definition) is 0. The molecule has 3 aromatic rings. The van der Waals surface area contributed by atoms with E-state index in [-0.39, 0.29) is 63.9 Å². The number of ether oxygens (including phenoxy) is 3. The van der Waals surface area contributed by atoms with Gasteiger partial charge in [-0.2, -0.15) is 17.8 Å². The van der Waals surface area contributed by atoms with E-state index in [1.165, 1.54) is 51.7 Å². The molecule has 16 heteroatoms. The van der Waals surface area contributed by atoms with Gasteiger partial charge in [0.05, 0.1) is 17.9 Å². The summed E-state index contributed by atoms with van der Waals surface area (Å²) in [5.74, 6) is -0.987. The number of carbonyl (C=O) groups is 2. The maximum absolute atomic E-state index is 13.7. The number of pyridine rings is 1. The van der Waals surface area contributed by atoms with E-state index in [1.54, 1.807) is 14.1 Å². The number of halogens is 4. The Morgan fingerprint density at radius 1 is 1.06 bits per heavy atom. The lowest BCUT2D eigenvalue weighted by molar-refractivity contribution is -0.605. The molecule has 1 saturated carbocycles. The molecule has 5 rings (SSSR count). The van der Waals surface area contributed by atoms with Crippen LogP contribution in [0.2, 0.25) is 10.0 Å². The zero-order valence-electron chi connectivity index (χ0n) is 26.7. The molecule has 49 heavy (non-hydrogen) atoms. The molecule has 0 N–H and O–H groups in total. The van der Waals surface area contributed by atoms with Gasteiger partial charge in [-0.3, -0.25) is 9.59 Å². The monoisotopic (exact) mass is 741 g/mol. The third-order valence-corrected chi connectivity index (χ3v) is 10.9. The fraction of sp³-hybridized carbons (Fsp3) is 0.424. The molecule has 1 saturated heterocycles. The molecule has 264 valence electrons. The largest absolute Gasteiger partial charge is 0.619 e. The quantitative estimate of drug-likeness (QED) is 0.115. The Hall–Kier alpha value is -3.72. The highest BCUT2D eigenvalue weighted by atomic mass is 35.5. The first kappa shape index (κ1) is 36.6. The second-order valence-corrected chi connectivity index (χ2v) is 14.9. The van der Waals surface area contributed by atoms with Crippen molar-refractivity contribution in [2.24, 2.45) is 5.92 Å². The number of alkyl halides is 2. The summed E-state index contributed by atoms with van der Waals surface area (Å²) in [7, 11) is -0.969. The number of esters is 1. The van der Waals surface area contributed by atoms with Gasteiger partial charge < -0.3 is 24.3 Å². The van der Waals surface area contributed by atoms with Crippen LogP contribution in [0, 0.1) is 11.1 Å². The molecule has 2 aliphatic rings. The smallest absolute Gasteiger partial charge is 0.387 e. The molecule has 1 aromatic heterocycles. The molecule has 0 bridgehead atoms. The second kappa shape index (κ2) is 15.4. The maximum atomic E-state index is 13.7. The minimum absolute atomic E-state index is 0.00875. The van der Waals surface area contributed by atoms with E-state index in [0.29, 0.717) is 34.6 Å². The van der Waals surface area contributed by atoms with Crippen molar-refractivity contribution in [1.82, 2.24) is 9.21 Å².